The molecule has 2 amide bonds. The summed E-state index contributed by atoms with van der Waals surface area (Å²) in [6, 6.07) is 5.39. The molecule has 152 valence electrons. The maximum atomic E-state index is 13.3. The first-order valence-electron chi connectivity index (χ1n) is 8.65. The van der Waals surface area contributed by atoms with E-state index < -0.39 is 23.7 Å². The van der Waals surface area contributed by atoms with Gasteiger partial charge in [0, 0.05) is 31.6 Å². The Morgan fingerprint density at radius 2 is 2.14 bits per heavy atom. The van der Waals surface area contributed by atoms with E-state index in [2.05, 4.69) is 15.8 Å². The van der Waals surface area contributed by atoms with Crippen molar-refractivity contribution in [3.63, 3.8) is 0 Å². The highest BCUT2D eigenvalue weighted by atomic mass is 35.5. The molecule has 0 radical (unpaired) electrons. The Hall–Kier alpha value is -2.65. The van der Waals surface area contributed by atoms with Crippen molar-refractivity contribution >= 4 is 23.4 Å². The van der Waals surface area contributed by atoms with Crippen molar-refractivity contribution in [3.8, 4) is 5.75 Å². The summed E-state index contributed by atoms with van der Waals surface area (Å²) in [5.41, 5.74) is 0.176. The van der Waals surface area contributed by atoms with Crippen LogP contribution in [0.1, 0.15) is 29.6 Å². The molecule has 1 heterocycles. The van der Waals surface area contributed by atoms with E-state index in [1.54, 1.807) is 6.07 Å². The van der Waals surface area contributed by atoms with Gasteiger partial charge >= 0.3 is 0 Å². The Morgan fingerprint density at radius 1 is 1.36 bits per heavy atom. The van der Waals surface area contributed by atoms with Gasteiger partial charge in [-0.05, 0) is 18.6 Å². The maximum absolute atomic E-state index is 13.3. The lowest BCUT2D eigenvalue weighted by Crippen LogP contribution is -2.37. The summed E-state index contributed by atoms with van der Waals surface area (Å²) in [4.78, 5) is 23.6. The molecule has 0 saturated carbocycles. The molecule has 3 N–H and O–H groups in total. The zero-order valence-corrected chi connectivity index (χ0v) is 16.0. The summed E-state index contributed by atoms with van der Waals surface area (Å²) in [6.45, 7) is 1.73. The van der Waals surface area contributed by atoms with Crippen LogP contribution < -0.4 is 15.4 Å². The van der Waals surface area contributed by atoms with E-state index in [-0.39, 0.29) is 42.6 Å². The summed E-state index contributed by atoms with van der Waals surface area (Å²) in [5.74, 6) is -0.749. The molecule has 0 aliphatic carbocycles. The molecule has 1 aromatic heterocycles. The minimum absolute atomic E-state index is 0.0169. The third-order valence-electron chi connectivity index (χ3n) is 3.70. The molecule has 28 heavy (non-hydrogen) atoms. The van der Waals surface area contributed by atoms with Gasteiger partial charge in [0.1, 0.15) is 17.3 Å². The minimum atomic E-state index is -0.860. The lowest BCUT2D eigenvalue weighted by atomic mass is 10.2. The molecule has 2 rings (SSSR count). The monoisotopic (exact) mass is 413 g/mol. The fourth-order valence-electron chi connectivity index (χ4n) is 2.13. The largest absolute Gasteiger partial charge is 0.484 e. The van der Waals surface area contributed by atoms with Gasteiger partial charge < -0.3 is 25.0 Å². The van der Waals surface area contributed by atoms with Crippen LogP contribution in [0.15, 0.2) is 28.8 Å². The summed E-state index contributed by atoms with van der Waals surface area (Å²) in [7, 11) is 0. The van der Waals surface area contributed by atoms with E-state index in [0.717, 1.165) is 6.07 Å². The van der Waals surface area contributed by atoms with Crippen molar-refractivity contribution in [1.29, 1.82) is 0 Å². The second kappa shape index (κ2) is 10.6. The Morgan fingerprint density at radius 3 is 2.82 bits per heavy atom. The smallest absolute Gasteiger partial charge is 0.273 e. The molecule has 1 unspecified atom stereocenters. The normalized spacial score (nSPS) is 11.7. The van der Waals surface area contributed by atoms with Crippen molar-refractivity contribution in [3.05, 3.63) is 46.6 Å². The zero-order valence-electron chi connectivity index (χ0n) is 15.2. The molecule has 2 aromatic rings. The van der Waals surface area contributed by atoms with Gasteiger partial charge in [0.05, 0.1) is 11.1 Å². The Labute approximate surface area is 166 Å². The van der Waals surface area contributed by atoms with Crippen LogP contribution >= 0.6 is 11.6 Å². The predicted octanol–water partition coefficient (Wildman–Crippen LogP) is 1.71. The third kappa shape index (κ3) is 6.82. The molecular formula is C18H21ClFN3O5. The van der Waals surface area contributed by atoms with Crippen LogP contribution in [0.2, 0.25) is 5.02 Å². The lowest BCUT2D eigenvalue weighted by Gasteiger charge is -2.12. The summed E-state index contributed by atoms with van der Waals surface area (Å²) >= 11 is 5.56. The standard InChI is InChI=1S/C18H21ClFN3O5/c1-2-12-8-16(23-28-12)18(26)21-6-5-11(24)9-22-17(25)10-27-13-3-4-14(19)15(20)7-13/h3-4,7-8,11,24H,2,5-6,9-10H2,1H3,(H,21,26)(H,22,25). The van der Waals surface area contributed by atoms with Crippen LogP contribution in [0.4, 0.5) is 4.39 Å². The number of rotatable bonds is 10. The highest BCUT2D eigenvalue weighted by Gasteiger charge is 2.13. The van der Waals surface area contributed by atoms with Gasteiger partial charge in [-0.15, -0.1) is 0 Å². The molecule has 1 aromatic carbocycles. The topological polar surface area (TPSA) is 114 Å². The van der Waals surface area contributed by atoms with Crippen LogP contribution in [0.5, 0.6) is 5.75 Å². The number of aryl methyl sites for hydroxylation is 1. The van der Waals surface area contributed by atoms with E-state index >= 15 is 0 Å². The Balaban J connectivity index is 1.62. The minimum Gasteiger partial charge on any atom is -0.484 e. The van der Waals surface area contributed by atoms with Crippen molar-refractivity contribution in [2.75, 3.05) is 19.7 Å². The zero-order chi connectivity index (χ0) is 20.5. The lowest BCUT2D eigenvalue weighted by molar-refractivity contribution is -0.123. The molecular weight excluding hydrogens is 393 g/mol. The number of nitrogens with zero attached hydrogens (tertiary/aromatic N) is 1. The van der Waals surface area contributed by atoms with Gasteiger partial charge in [-0.25, -0.2) is 4.39 Å². The molecule has 8 nitrogen and oxygen atoms in total. The number of hydrogen-bond acceptors (Lipinski definition) is 6. The molecule has 0 fully saturated rings. The molecule has 1 atom stereocenters. The van der Waals surface area contributed by atoms with Gasteiger partial charge in [-0.2, -0.15) is 0 Å². The number of aliphatic hydroxyl groups is 1. The molecule has 10 heteroatoms. The number of benzene rings is 1. The average molecular weight is 414 g/mol. The van der Waals surface area contributed by atoms with Gasteiger partial charge in [0.25, 0.3) is 11.8 Å². The highest BCUT2D eigenvalue weighted by Crippen LogP contribution is 2.20. The SMILES string of the molecule is CCc1cc(C(=O)NCCC(O)CNC(=O)COc2ccc(Cl)c(F)c2)no1. The van der Waals surface area contributed by atoms with Crippen molar-refractivity contribution in [2.45, 2.75) is 25.9 Å². The first-order chi connectivity index (χ1) is 13.4. The van der Waals surface area contributed by atoms with Crippen LogP contribution in [0.25, 0.3) is 0 Å². The second-order valence-corrected chi connectivity index (χ2v) is 6.31. The van der Waals surface area contributed by atoms with Crippen LogP contribution in [0.3, 0.4) is 0 Å². The van der Waals surface area contributed by atoms with Crippen LogP contribution in [-0.4, -0.2) is 47.9 Å². The summed E-state index contributed by atoms with van der Waals surface area (Å²) < 4.78 is 23.4. The molecule has 0 bridgehead atoms. The Kier molecular flexibility index (Phi) is 8.21. The van der Waals surface area contributed by atoms with E-state index in [1.165, 1.54) is 12.1 Å². The number of halogens is 2. The van der Waals surface area contributed by atoms with E-state index in [0.29, 0.717) is 12.2 Å². The average Bonchev–Trinajstić information content (AvgIpc) is 3.16. The van der Waals surface area contributed by atoms with Crippen LogP contribution in [-0.2, 0) is 11.2 Å². The number of amides is 2. The van der Waals surface area contributed by atoms with Crippen molar-refractivity contribution < 1.29 is 28.3 Å². The second-order valence-electron chi connectivity index (χ2n) is 5.90. The van der Waals surface area contributed by atoms with Gasteiger partial charge in [0.15, 0.2) is 12.3 Å². The van der Waals surface area contributed by atoms with Gasteiger partial charge in [0.2, 0.25) is 0 Å². The summed E-state index contributed by atoms with van der Waals surface area (Å²) in [5, 5.41) is 18.6. The number of carbonyl (C=O) groups excluding carboxylic acids is 2. The van der Waals surface area contributed by atoms with Crippen molar-refractivity contribution in [2.24, 2.45) is 0 Å². The molecule has 0 aliphatic rings. The van der Waals surface area contributed by atoms with Crippen LogP contribution in [0, 0.1) is 5.82 Å². The van der Waals surface area contributed by atoms with E-state index in [4.69, 9.17) is 20.9 Å². The third-order valence-corrected chi connectivity index (χ3v) is 4.01. The fourth-order valence-corrected chi connectivity index (χ4v) is 2.25. The first-order valence-corrected chi connectivity index (χ1v) is 9.03. The fraction of sp³-hybridized carbons (Fsp3) is 0.389. The summed E-state index contributed by atoms with van der Waals surface area (Å²) in [6.07, 6.45) is 0.00378. The number of aromatic nitrogens is 1. The van der Waals surface area contributed by atoms with Crippen molar-refractivity contribution in [1.82, 2.24) is 15.8 Å². The molecule has 0 spiro atoms. The van der Waals surface area contributed by atoms with E-state index in [1.807, 2.05) is 6.92 Å². The number of ether oxygens (including phenoxy) is 1. The van der Waals surface area contributed by atoms with E-state index in [9.17, 15) is 19.1 Å². The highest BCUT2D eigenvalue weighted by molar-refractivity contribution is 6.30. The van der Waals surface area contributed by atoms with Gasteiger partial charge in [-0.1, -0.05) is 23.7 Å². The molecule has 0 aliphatic heterocycles. The molecule has 0 saturated heterocycles. The number of hydrogen-bond donors (Lipinski definition) is 3. The predicted molar refractivity (Wildman–Crippen MR) is 98.8 cm³/mol. The first kappa shape index (κ1) is 21.6. The van der Waals surface area contributed by atoms with Gasteiger partial charge in [-0.3, -0.25) is 9.59 Å². The quantitative estimate of drug-likeness (QED) is 0.546. The Bertz CT molecular complexity index is 814. The number of carbonyl (C=O) groups is 2. The number of aliphatic hydroxyl groups excluding tert-OH is 1. The maximum Gasteiger partial charge on any atom is 0.273 e. The number of nitrogens with one attached hydrogen (secondary N) is 2.